The Morgan fingerprint density at radius 1 is 1.23 bits per heavy atom. The van der Waals surface area contributed by atoms with Crippen LogP contribution in [0.25, 0.3) is 17.0 Å². The number of hydrogen-bond donors (Lipinski definition) is 4. The number of methoxy groups -OCH3 is 1. The van der Waals surface area contributed by atoms with Gasteiger partial charge in [0.05, 0.1) is 12.8 Å². The second-order valence-corrected chi connectivity index (χ2v) is 6.69. The average Bonchev–Trinajstić information content (AvgIpc) is 3.11. The van der Waals surface area contributed by atoms with Crippen LogP contribution in [0, 0.1) is 5.21 Å². The van der Waals surface area contributed by atoms with Gasteiger partial charge in [0, 0.05) is 24.9 Å². The maximum absolute atomic E-state index is 12.1. The average molecular weight is 409 g/mol. The molecule has 0 saturated carbocycles. The van der Waals surface area contributed by atoms with Crippen LogP contribution in [0.5, 0.6) is 5.75 Å². The maximum Gasteiger partial charge on any atom is 0.244 e. The smallest absolute Gasteiger partial charge is 0.244 e. The predicted molar refractivity (Wildman–Crippen MR) is 113 cm³/mol. The number of fused-ring (bicyclic) bond motifs is 1. The summed E-state index contributed by atoms with van der Waals surface area (Å²) < 4.78 is 5.15. The lowest BCUT2D eigenvalue weighted by Gasteiger charge is -2.15. The first kappa shape index (κ1) is 21.3. The van der Waals surface area contributed by atoms with Crippen LogP contribution in [-0.2, 0) is 11.2 Å². The van der Waals surface area contributed by atoms with E-state index in [0.717, 1.165) is 5.56 Å². The van der Waals surface area contributed by atoms with Crippen LogP contribution in [0.1, 0.15) is 28.5 Å². The quantitative estimate of drug-likeness (QED) is 0.258. The Hall–Kier alpha value is -3.46. The van der Waals surface area contributed by atoms with Gasteiger partial charge < -0.3 is 20.2 Å². The highest BCUT2D eigenvalue weighted by Crippen LogP contribution is 2.33. The van der Waals surface area contributed by atoms with Crippen molar-refractivity contribution in [1.29, 1.82) is 0 Å². The van der Waals surface area contributed by atoms with Gasteiger partial charge in [-0.05, 0) is 35.8 Å². The summed E-state index contributed by atoms with van der Waals surface area (Å²) in [5.41, 5.74) is 2.21. The number of hydrogen-bond acceptors (Lipinski definition) is 5. The van der Waals surface area contributed by atoms with Crippen molar-refractivity contribution in [3.63, 3.8) is 0 Å². The number of rotatable bonds is 8. The summed E-state index contributed by atoms with van der Waals surface area (Å²) in [7, 11) is 1.39. The van der Waals surface area contributed by atoms with Crippen LogP contribution < -0.4 is 15.3 Å². The van der Waals surface area contributed by atoms with Gasteiger partial charge in [-0.15, -0.1) is 0 Å². The first-order chi connectivity index (χ1) is 14.4. The van der Waals surface area contributed by atoms with E-state index in [1.54, 1.807) is 18.2 Å². The van der Waals surface area contributed by atoms with Crippen LogP contribution in [0.2, 0.25) is 0 Å². The Kier molecular flexibility index (Phi) is 6.63. The zero-order valence-electron chi connectivity index (χ0n) is 16.7. The van der Waals surface area contributed by atoms with Gasteiger partial charge in [-0.25, -0.2) is 5.21 Å². The van der Waals surface area contributed by atoms with Crippen molar-refractivity contribution < 1.29 is 24.8 Å². The summed E-state index contributed by atoms with van der Waals surface area (Å²) >= 11 is 0. The highest BCUT2D eigenvalue weighted by molar-refractivity contribution is 6.04. The molecule has 3 rings (SSSR count). The molecule has 1 amide bonds. The molecule has 0 saturated heterocycles. The molecule has 2 aromatic carbocycles. The van der Waals surface area contributed by atoms with Crippen LogP contribution in [0.15, 0.2) is 48.5 Å². The molecule has 8 nitrogen and oxygen atoms in total. The van der Waals surface area contributed by atoms with E-state index in [1.807, 2.05) is 30.3 Å². The molecule has 0 aliphatic rings. The van der Waals surface area contributed by atoms with Crippen molar-refractivity contribution in [2.45, 2.75) is 13.3 Å². The molecule has 1 atom stereocenters. The van der Waals surface area contributed by atoms with E-state index in [0.29, 0.717) is 35.1 Å². The van der Waals surface area contributed by atoms with Gasteiger partial charge in [-0.3, -0.25) is 9.59 Å². The molecule has 0 radical (unpaired) electrons. The molecular formula is C22H23N3O5. The fourth-order valence-electron chi connectivity index (χ4n) is 3.35. The minimum Gasteiger partial charge on any atom is -0.595 e. The second kappa shape index (κ2) is 9.36. The normalized spacial score (nSPS) is 12.3. The number of nitrogens with one attached hydrogen (secondary N) is 3. The number of aromatic amines is 1. The number of Topliss-reactive ketones (excluding diaryl/α,β-unsaturated/α-hetero) is 1. The number of aromatic nitrogens is 1. The van der Waals surface area contributed by atoms with Gasteiger partial charge in [-0.2, -0.15) is 5.23 Å². The summed E-state index contributed by atoms with van der Waals surface area (Å²) in [5.74, 6) is -0.264. The number of ether oxygens (including phenoxy) is 1. The summed E-state index contributed by atoms with van der Waals surface area (Å²) in [5, 5.41) is 23.6. The molecule has 8 heteroatoms. The molecule has 4 N–H and O–H groups in total. The van der Waals surface area contributed by atoms with Crippen molar-refractivity contribution in [2.24, 2.45) is 0 Å². The second-order valence-electron chi connectivity index (χ2n) is 6.69. The number of carbonyl (C=O) groups is 2. The fourth-order valence-corrected chi connectivity index (χ4v) is 3.35. The zero-order chi connectivity index (χ0) is 21.7. The van der Waals surface area contributed by atoms with Crippen LogP contribution in [-0.4, -0.2) is 35.5 Å². The third kappa shape index (κ3) is 4.57. The number of carbonyl (C=O) groups excluding carboxylic acids is 2. The molecule has 0 aliphatic heterocycles. The molecule has 30 heavy (non-hydrogen) atoms. The number of H-pyrrole nitrogens is 1. The van der Waals surface area contributed by atoms with E-state index in [4.69, 9.17) is 4.74 Å². The Balaban J connectivity index is 1.80. The molecule has 0 spiro atoms. The van der Waals surface area contributed by atoms with Crippen molar-refractivity contribution in [1.82, 2.24) is 10.3 Å². The molecule has 3 aromatic rings. The molecule has 0 fully saturated rings. The molecule has 1 unspecified atom stereocenters. The van der Waals surface area contributed by atoms with Gasteiger partial charge in [0.2, 0.25) is 11.6 Å². The third-order valence-electron chi connectivity index (χ3n) is 4.73. The number of ketones is 1. The minimum absolute atomic E-state index is 0.0291. The van der Waals surface area contributed by atoms with Gasteiger partial charge in [0.25, 0.3) is 0 Å². The Labute approximate surface area is 173 Å². The maximum atomic E-state index is 12.1. The van der Waals surface area contributed by atoms with E-state index in [9.17, 15) is 20.0 Å². The fraction of sp³-hybridized carbons (Fsp3) is 0.182. The van der Waals surface area contributed by atoms with E-state index >= 15 is 0 Å². The minimum atomic E-state index is -1.15. The summed E-state index contributed by atoms with van der Waals surface area (Å²) in [4.78, 5) is 27.1. The zero-order valence-corrected chi connectivity index (χ0v) is 16.7. The molecule has 0 bridgehead atoms. The summed E-state index contributed by atoms with van der Waals surface area (Å²) in [6.45, 7) is 1.70. The van der Waals surface area contributed by atoms with E-state index in [-0.39, 0.29) is 23.1 Å². The predicted octanol–water partition coefficient (Wildman–Crippen LogP) is 2.15. The van der Waals surface area contributed by atoms with Gasteiger partial charge in [-0.1, -0.05) is 30.3 Å². The lowest BCUT2D eigenvalue weighted by Crippen LogP contribution is -2.99. The van der Waals surface area contributed by atoms with Crippen molar-refractivity contribution >= 4 is 34.4 Å². The first-order valence-corrected chi connectivity index (χ1v) is 9.39. The molecule has 0 aliphatic carbocycles. The lowest BCUT2D eigenvalue weighted by molar-refractivity contribution is -0.990. The topological polar surface area (TPSA) is 119 Å². The third-order valence-corrected chi connectivity index (χ3v) is 4.73. The number of quaternary nitrogens is 1. The first-order valence-electron chi connectivity index (χ1n) is 9.39. The molecule has 1 heterocycles. The number of benzene rings is 2. The van der Waals surface area contributed by atoms with E-state index in [2.05, 4.69) is 10.3 Å². The standard InChI is InChI=1S/C22H23N3O5/c1-14(26)20-17(12-13-23-19(27)11-8-15-6-4-3-5-7-15)16-9-10-18(30-2)22(25(28)29)21(16)24-20/h3-11,24-25,28H,12-13H2,1-2H3,(H,23,27)/b11-8-. The molecule has 1 aromatic heterocycles. The van der Waals surface area contributed by atoms with Gasteiger partial charge in [0.15, 0.2) is 11.5 Å². The Bertz CT molecular complexity index is 1090. The molecular weight excluding hydrogens is 386 g/mol. The van der Waals surface area contributed by atoms with Crippen LogP contribution in [0.3, 0.4) is 0 Å². The summed E-state index contributed by atoms with van der Waals surface area (Å²) in [6, 6.07) is 12.7. The largest absolute Gasteiger partial charge is 0.595 e. The highest BCUT2D eigenvalue weighted by Gasteiger charge is 2.22. The monoisotopic (exact) mass is 409 g/mol. The van der Waals surface area contributed by atoms with E-state index in [1.165, 1.54) is 20.1 Å². The summed E-state index contributed by atoms with van der Waals surface area (Å²) in [6.07, 6.45) is 3.53. The van der Waals surface area contributed by atoms with E-state index < -0.39 is 5.23 Å². The molecule has 156 valence electrons. The van der Waals surface area contributed by atoms with Gasteiger partial charge >= 0.3 is 0 Å². The Morgan fingerprint density at radius 2 is 1.97 bits per heavy atom. The van der Waals surface area contributed by atoms with Crippen molar-refractivity contribution in [3.05, 3.63) is 70.6 Å². The Morgan fingerprint density at radius 3 is 2.60 bits per heavy atom. The SMILES string of the molecule is COc1ccc2c(CCNC(=O)/C=C\c3ccccc3)c(C(C)=O)[nH]c2c1[NH+]([O-])O. The van der Waals surface area contributed by atoms with Gasteiger partial charge in [0.1, 0.15) is 5.52 Å². The van der Waals surface area contributed by atoms with Crippen LogP contribution >= 0.6 is 0 Å². The van der Waals surface area contributed by atoms with Crippen molar-refractivity contribution in [3.8, 4) is 5.75 Å². The van der Waals surface area contributed by atoms with Crippen molar-refractivity contribution in [2.75, 3.05) is 13.7 Å². The highest BCUT2D eigenvalue weighted by atomic mass is 16.8. The number of amides is 1. The lowest BCUT2D eigenvalue weighted by atomic mass is 10.0. The van der Waals surface area contributed by atoms with Crippen LogP contribution in [0.4, 0.5) is 5.69 Å².